The van der Waals surface area contributed by atoms with Gasteiger partial charge in [0.1, 0.15) is 0 Å². The van der Waals surface area contributed by atoms with Gasteiger partial charge in [0.2, 0.25) is 5.91 Å². The Morgan fingerprint density at radius 1 is 0.969 bits per heavy atom. The number of anilines is 1. The van der Waals surface area contributed by atoms with Gasteiger partial charge in [-0.25, -0.2) is 8.42 Å². The SMILES string of the molecule is C[C@@H](NC(=O)CCc1ccc(S(=O)(=O)N2CCCc3ccccc32)cc1)c1ccccc1. The summed E-state index contributed by atoms with van der Waals surface area (Å²) in [6.07, 6.45) is 2.61. The molecule has 6 heteroatoms. The summed E-state index contributed by atoms with van der Waals surface area (Å²) in [5, 5.41) is 3.01. The summed E-state index contributed by atoms with van der Waals surface area (Å²) >= 11 is 0. The summed E-state index contributed by atoms with van der Waals surface area (Å²) in [7, 11) is -3.62. The van der Waals surface area contributed by atoms with E-state index in [2.05, 4.69) is 5.32 Å². The fourth-order valence-corrected chi connectivity index (χ4v) is 5.64. The van der Waals surface area contributed by atoms with Crippen LogP contribution in [0, 0.1) is 0 Å². The molecule has 0 radical (unpaired) electrons. The van der Waals surface area contributed by atoms with E-state index in [4.69, 9.17) is 0 Å². The van der Waals surface area contributed by atoms with Crippen LogP contribution in [0.2, 0.25) is 0 Å². The topological polar surface area (TPSA) is 66.5 Å². The molecule has 1 aliphatic heterocycles. The van der Waals surface area contributed by atoms with Crippen LogP contribution in [-0.4, -0.2) is 20.9 Å². The predicted molar refractivity (Wildman–Crippen MR) is 127 cm³/mol. The van der Waals surface area contributed by atoms with E-state index >= 15 is 0 Å². The molecule has 5 nitrogen and oxygen atoms in total. The molecule has 3 aromatic rings. The summed E-state index contributed by atoms with van der Waals surface area (Å²) < 4.78 is 28.0. The first-order valence-corrected chi connectivity index (χ1v) is 12.4. The van der Waals surface area contributed by atoms with Gasteiger partial charge in [-0.15, -0.1) is 0 Å². The van der Waals surface area contributed by atoms with Gasteiger partial charge in [-0.3, -0.25) is 9.10 Å². The summed E-state index contributed by atoms with van der Waals surface area (Å²) in [5.41, 5.74) is 3.84. The summed E-state index contributed by atoms with van der Waals surface area (Å²) in [4.78, 5) is 12.6. The zero-order valence-electron chi connectivity index (χ0n) is 18.2. The number of sulfonamides is 1. The van der Waals surface area contributed by atoms with Crippen molar-refractivity contribution >= 4 is 21.6 Å². The molecule has 1 aliphatic rings. The van der Waals surface area contributed by atoms with Crippen LogP contribution in [-0.2, 0) is 27.7 Å². The van der Waals surface area contributed by atoms with Gasteiger partial charge in [0, 0.05) is 13.0 Å². The zero-order valence-corrected chi connectivity index (χ0v) is 19.0. The molecule has 166 valence electrons. The molecular weight excluding hydrogens is 420 g/mol. The van der Waals surface area contributed by atoms with Crippen molar-refractivity contribution in [2.75, 3.05) is 10.8 Å². The van der Waals surface area contributed by atoms with E-state index in [1.807, 2.05) is 61.5 Å². The molecule has 1 N–H and O–H groups in total. The maximum absolute atomic E-state index is 13.2. The number of carbonyl (C=O) groups is 1. The number of aryl methyl sites for hydroxylation is 2. The third-order valence-corrected chi connectivity index (χ3v) is 7.72. The number of para-hydroxylation sites is 1. The largest absolute Gasteiger partial charge is 0.350 e. The second kappa shape index (κ2) is 9.57. The molecule has 0 unspecified atom stereocenters. The Morgan fingerprint density at radius 2 is 1.66 bits per heavy atom. The van der Waals surface area contributed by atoms with Gasteiger partial charge in [0.15, 0.2) is 0 Å². The van der Waals surface area contributed by atoms with Crippen LogP contribution in [0.25, 0.3) is 0 Å². The molecule has 1 heterocycles. The molecule has 1 atom stereocenters. The number of fused-ring (bicyclic) bond motifs is 1. The van der Waals surface area contributed by atoms with Crippen LogP contribution in [0.5, 0.6) is 0 Å². The highest BCUT2D eigenvalue weighted by Crippen LogP contribution is 2.31. The molecule has 3 aromatic carbocycles. The van der Waals surface area contributed by atoms with Gasteiger partial charge in [0.25, 0.3) is 10.0 Å². The number of rotatable bonds is 7. The lowest BCUT2D eigenvalue weighted by atomic mass is 10.0. The first kappa shape index (κ1) is 22.1. The first-order chi connectivity index (χ1) is 15.4. The maximum Gasteiger partial charge on any atom is 0.264 e. The predicted octanol–water partition coefficient (Wildman–Crippen LogP) is 4.64. The highest BCUT2D eigenvalue weighted by molar-refractivity contribution is 7.92. The Morgan fingerprint density at radius 3 is 2.41 bits per heavy atom. The molecule has 32 heavy (non-hydrogen) atoms. The van der Waals surface area contributed by atoms with Gasteiger partial charge in [0.05, 0.1) is 16.6 Å². The average Bonchev–Trinajstić information content (AvgIpc) is 2.83. The van der Waals surface area contributed by atoms with Crippen LogP contribution < -0.4 is 9.62 Å². The smallest absolute Gasteiger partial charge is 0.264 e. The minimum atomic E-state index is -3.62. The first-order valence-electron chi connectivity index (χ1n) is 11.0. The molecular formula is C26H28N2O3S. The fraction of sp³-hybridized carbons (Fsp3) is 0.269. The van der Waals surface area contributed by atoms with Gasteiger partial charge in [-0.05, 0) is 61.1 Å². The minimum Gasteiger partial charge on any atom is -0.350 e. The quantitative estimate of drug-likeness (QED) is 0.573. The van der Waals surface area contributed by atoms with E-state index < -0.39 is 10.0 Å². The highest BCUT2D eigenvalue weighted by atomic mass is 32.2. The second-order valence-electron chi connectivity index (χ2n) is 8.15. The fourth-order valence-electron chi connectivity index (χ4n) is 4.10. The van der Waals surface area contributed by atoms with Crippen LogP contribution in [0.4, 0.5) is 5.69 Å². The number of amides is 1. The van der Waals surface area contributed by atoms with Crippen molar-refractivity contribution in [1.29, 1.82) is 0 Å². The van der Waals surface area contributed by atoms with Crippen molar-refractivity contribution in [3.63, 3.8) is 0 Å². The second-order valence-corrected chi connectivity index (χ2v) is 10.0. The molecule has 0 aliphatic carbocycles. The Labute approximate surface area is 190 Å². The lowest BCUT2D eigenvalue weighted by Crippen LogP contribution is -2.35. The van der Waals surface area contributed by atoms with E-state index in [1.165, 1.54) is 4.31 Å². The van der Waals surface area contributed by atoms with Crippen LogP contribution >= 0.6 is 0 Å². The lowest BCUT2D eigenvalue weighted by Gasteiger charge is -2.30. The van der Waals surface area contributed by atoms with E-state index in [0.717, 1.165) is 35.2 Å². The third kappa shape index (κ3) is 4.86. The Balaban J connectivity index is 1.39. The summed E-state index contributed by atoms with van der Waals surface area (Å²) in [6.45, 7) is 2.45. The number of carbonyl (C=O) groups excluding carboxylic acids is 1. The van der Waals surface area contributed by atoms with Crippen molar-refractivity contribution in [1.82, 2.24) is 5.32 Å². The van der Waals surface area contributed by atoms with Crippen molar-refractivity contribution in [2.45, 2.75) is 43.5 Å². The van der Waals surface area contributed by atoms with Gasteiger partial charge in [-0.2, -0.15) is 0 Å². The minimum absolute atomic E-state index is 0.0250. The van der Waals surface area contributed by atoms with Gasteiger partial charge < -0.3 is 5.32 Å². The van der Waals surface area contributed by atoms with E-state index in [-0.39, 0.29) is 16.8 Å². The molecule has 0 bridgehead atoms. The molecule has 0 saturated carbocycles. The van der Waals surface area contributed by atoms with Crippen LogP contribution in [0.15, 0.2) is 83.8 Å². The number of nitrogens with one attached hydrogen (secondary N) is 1. The molecule has 0 saturated heterocycles. The molecule has 0 aromatic heterocycles. The zero-order chi connectivity index (χ0) is 22.6. The van der Waals surface area contributed by atoms with Gasteiger partial charge in [-0.1, -0.05) is 60.7 Å². The molecule has 0 spiro atoms. The number of hydrogen-bond acceptors (Lipinski definition) is 3. The number of benzene rings is 3. The van der Waals surface area contributed by atoms with Crippen molar-refractivity contribution in [3.05, 3.63) is 95.6 Å². The van der Waals surface area contributed by atoms with E-state index in [9.17, 15) is 13.2 Å². The van der Waals surface area contributed by atoms with Crippen LogP contribution in [0.1, 0.15) is 42.5 Å². The Hall–Kier alpha value is -3.12. The molecule has 0 fully saturated rings. The third-order valence-electron chi connectivity index (χ3n) is 5.90. The highest BCUT2D eigenvalue weighted by Gasteiger charge is 2.28. The Kier molecular flexibility index (Phi) is 6.61. The van der Waals surface area contributed by atoms with Gasteiger partial charge >= 0.3 is 0 Å². The van der Waals surface area contributed by atoms with E-state index in [1.54, 1.807) is 24.3 Å². The summed E-state index contributed by atoms with van der Waals surface area (Å²) in [5.74, 6) is -0.0250. The number of hydrogen-bond donors (Lipinski definition) is 1. The summed E-state index contributed by atoms with van der Waals surface area (Å²) in [6, 6.07) is 24.4. The molecule has 1 amide bonds. The van der Waals surface area contributed by atoms with Crippen molar-refractivity contribution < 1.29 is 13.2 Å². The monoisotopic (exact) mass is 448 g/mol. The average molecular weight is 449 g/mol. The van der Waals surface area contributed by atoms with Crippen molar-refractivity contribution in [3.8, 4) is 0 Å². The maximum atomic E-state index is 13.2. The standard InChI is InChI=1S/C26H28N2O3S/c1-20(22-8-3-2-4-9-22)27-26(29)18-15-21-13-16-24(17-14-21)32(30,31)28-19-7-11-23-10-5-6-12-25(23)28/h2-6,8-10,12-14,16-17,20H,7,11,15,18-19H2,1H3,(H,27,29)/t20-/m1/s1. The Bertz CT molecular complexity index is 1180. The molecule has 4 rings (SSSR count). The normalized spacial score (nSPS) is 14.5. The lowest BCUT2D eigenvalue weighted by molar-refractivity contribution is -0.121. The van der Waals surface area contributed by atoms with E-state index in [0.29, 0.717) is 19.4 Å². The van der Waals surface area contributed by atoms with Crippen molar-refractivity contribution in [2.24, 2.45) is 0 Å². The van der Waals surface area contributed by atoms with Crippen LogP contribution in [0.3, 0.4) is 0 Å². The number of nitrogens with zero attached hydrogens (tertiary/aromatic N) is 1.